The van der Waals surface area contributed by atoms with Gasteiger partial charge in [-0.2, -0.15) is 0 Å². The van der Waals surface area contributed by atoms with Gasteiger partial charge in [-0.25, -0.2) is 0 Å². The zero-order chi connectivity index (χ0) is 42.3. The maximum atomic E-state index is 12.6. The Kier molecular flexibility index (Phi) is 35.1. The fraction of sp³-hybridized carbons (Fsp3) is 0.630. The van der Waals surface area contributed by atoms with Crippen LogP contribution in [0.5, 0.6) is 0 Å². The molecule has 0 heterocycles. The Bertz CT molecular complexity index is 1310. The van der Waals surface area contributed by atoms with Crippen LogP contribution in [0.4, 0.5) is 0 Å². The van der Waals surface area contributed by atoms with E-state index in [1.165, 1.54) is 25.3 Å². The van der Waals surface area contributed by atoms with E-state index in [4.69, 9.17) is 18.5 Å². The Hall–Kier alpha value is -3.14. The third-order valence-electron chi connectivity index (χ3n) is 8.38. The van der Waals surface area contributed by atoms with Crippen molar-refractivity contribution in [2.24, 2.45) is 0 Å². The molecule has 0 rings (SSSR count). The number of quaternary nitrogens is 1. The summed E-state index contributed by atoms with van der Waals surface area (Å²) in [5.41, 5.74) is 0. The molecule has 0 radical (unpaired) electrons. The van der Waals surface area contributed by atoms with Crippen LogP contribution in [0.2, 0.25) is 0 Å². The molecular weight excluding hydrogens is 741 g/mol. The average molecular weight is 818 g/mol. The van der Waals surface area contributed by atoms with E-state index in [0.29, 0.717) is 17.4 Å². The van der Waals surface area contributed by atoms with Gasteiger partial charge in [0.25, 0.3) is 7.82 Å². The van der Waals surface area contributed by atoms with Crippen molar-refractivity contribution < 1.29 is 46.8 Å². The SMILES string of the molecule is CC/C=C\C/C=C\C/C=C\CCCCCCCC(=O)OC[C@H](COP(=O)([O-])OCC[N+](C)(C)C)OC(=O)CCCC(=O)/C=C/C=C\C/C=C\C/C=C\CCCCC. The summed E-state index contributed by atoms with van der Waals surface area (Å²) in [6.45, 7) is 3.75. The number of phosphoric acid groups is 1. The highest BCUT2D eigenvalue weighted by Crippen LogP contribution is 2.38. The van der Waals surface area contributed by atoms with E-state index in [0.717, 1.165) is 70.6 Å². The van der Waals surface area contributed by atoms with Crippen LogP contribution in [0.1, 0.15) is 136 Å². The maximum Gasteiger partial charge on any atom is 0.306 e. The van der Waals surface area contributed by atoms with Crippen LogP contribution >= 0.6 is 7.82 Å². The van der Waals surface area contributed by atoms with Crippen molar-refractivity contribution in [3.8, 4) is 0 Å². The van der Waals surface area contributed by atoms with Gasteiger partial charge in [0.2, 0.25) is 0 Å². The zero-order valence-corrected chi connectivity index (χ0v) is 36.9. The number of ether oxygens (including phenoxy) is 2. The highest BCUT2D eigenvalue weighted by Gasteiger charge is 2.22. The van der Waals surface area contributed by atoms with Gasteiger partial charge in [-0.05, 0) is 76.7 Å². The lowest BCUT2D eigenvalue weighted by Gasteiger charge is -2.28. The first-order valence-electron chi connectivity index (χ1n) is 21.2. The summed E-state index contributed by atoms with van der Waals surface area (Å²) in [5, 5.41) is 0. The van der Waals surface area contributed by atoms with Gasteiger partial charge >= 0.3 is 11.9 Å². The number of hydrogen-bond donors (Lipinski definition) is 0. The molecule has 0 amide bonds. The van der Waals surface area contributed by atoms with Crippen LogP contribution in [-0.2, 0) is 37.5 Å². The Balaban J connectivity index is 4.64. The summed E-state index contributed by atoms with van der Waals surface area (Å²) in [7, 11) is 0.993. The number of hydrogen-bond acceptors (Lipinski definition) is 9. The second kappa shape index (κ2) is 37.2. The molecule has 1 unspecified atom stereocenters. The molecular formula is C46H76NO9P. The molecule has 0 aromatic rings. The number of allylic oxidation sites excluding steroid dienone is 14. The molecule has 0 fully saturated rings. The Morgan fingerprint density at radius 3 is 1.81 bits per heavy atom. The summed E-state index contributed by atoms with van der Waals surface area (Å²) in [6.07, 6.45) is 43.3. The molecule has 324 valence electrons. The molecule has 0 aliphatic carbocycles. The quantitative estimate of drug-likeness (QED) is 0.0114. The molecule has 57 heavy (non-hydrogen) atoms. The van der Waals surface area contributed by atoms with Gasteiger partial charge in [0.1, 0.15) is 19.8 Å². The normalized spacial score (nSPS) is 14.4. The van der Waals surface area contributed by atoms with Crippen molar-refractivity contribution >= 4 is 25.5 Å². The molecule has 0 aliphatic rings. The van der Waals surface area contributed by atoms with Gasteiger partial charge in [0.05, 0.1) is 27.7 Å². The predicted octanol–water partition coefficient (Wildman–Crippen LogP) is 10.6. The van der Waals surface area contributed by atoms with Crippen LogP contribution in [-0.4, -0.2) is 75.8 Å². The number of phosphoric ester groups is 1. The average Bonchev–Trinajstić information content (AvgIpc) is 3.15. The minimum absolute atomic E-state index is 0.0729. The summed E-state index contributed by atoms with van der Waals surface area (Å²) in [5.74, 6) is -1.25. The molecule has 0 saturated carbocycles. The molecule has 0 bridgehead atoms. The number of likely N-dealkylation sites (N-methyl/N-ethyl adjacent to an activating group) is 1. The van der Waals surface area contributed by atoms with Gasteiger partial charge < -0.3 is 27.9 Å². The number of carbonyl (C=O) groups is 3. The molecule has 0 N–H and O–H groups in total. The monoisotopic (exact) mass is 818 g/mol. The van der Waals surface area contributed by atoms with Gasteiger partial charge in [-0.3, -0.25) is 18.9 Å². The second-order valence-corrected chi connectivity index (χ2v) is 16.4. The molecule has 2 atom stereocenters. The van der Waals surface area contributed by atoms with Crippen molar-refractivity contribution in [1.29, 1.82) is 0 Å². The lowest BCUT2D eigenvalue weighted by Crippen LogP contribution is -2.37. The largest absolute Gasteiger partial charge is 0.756 e. The molecule has 0 spiro atoms. The van der Waals surface area contributed by atoms with Crippen molar-refractivity contribution in [3.05, 3.63) is 85.1 Å². The smallest absolute Gasteiger partial charge is 0.306 e. The molecule has 0 saturated heterocycles. The Labute approximate surface area is 346 Å². The number of rotatable bonds is 37. The van der Waals surface area contributed by atoms with Gasteiger partial charge in [0.15, 0.2) is 11.9 Å². The molecule has 0 aliphatic heterocycles. The van der Waals surface area contributed by atoms with Gasteiger partial charge in [0, 0.05) is 19.3 Å². The van der Waals surface area contributed by atoms with Crippen LogP contribution < -0.4 is 4.89 Å². The summed E-state index contributed by atoms with van der Waals surface area (Å²) >= 11 is 0. The number of esters is 2. The van der Waals surface area contributed by atoms with E-state index < -0.39 is 32.5 Å². The lowest BCUT2D eigenvalue weighted by atomic mass is 10.1. The highest BCUT2D eigenvalue weighted by atomic mass is 31.2. The topological polar surface area (TPSA) is 128 Å². The minimum Gasteiger partial charge on any atom is -0.756 e. The van der Waals surface area contributed by atoms with Crippen molar-refractivity contribution in [2.75, 3.05) is 47.5 Å². The fourth-order valence-electron chi connectivity index (χ4n) is 5.03. The van der Waals surface area contributed by atoms with Crippen molar-refractivity contribution in [3.63, 3.8) is 0 Å². The van der Waals surface area contributed by atoms with E-state index >= 15 is 0 Å². The zero-order valence-electron chi connectivity index (χ0n) is 36.0. The van der Waals surface area contributed by atoms with Crippen LogP contribution in [0.15, 0.2) is 85.1 Å². The van der Waals surface area contributed by atoms with E-state index in [-0.39, 0.29) is 44.7 Å². The van der Waals surface area contributed by atoms with E-state index in [1.807, 2.05) is 33.3 Å². The van der Waals surface area contributed by atoms with E-state index in [9.17, 15) is 23.8 Å². The third-order valence-corrected chi connectivity index (χ3v) is 9.34. The summed E-state index contributed by atoms with van der Waals surface area (Å²) < 4.78 is 33.6. The van der Waals surface area contributed by atoms with E-state index in [2.05, 4.69) is 74.6 Å². The first-order chi connectivity index (χ1) is 27.4. The molecule has 10 nitrogen and oxygen atoms in total. The number of carbonyl (C=O) groups excluding carboxylic acids is 3. The van der Waals surface area contributed by atoms with Crippen molar-refractivity contribution in [2.45, 2.75) is 142 Å². The van der Waals surface area contributed by atoms with Crippen LogP contribution in [0.25, 0.3) is 0 Å². The lowest BCUT2D eigenvalue weighted by molar-refractivity contribution is -0.870. The first-order valence-corrected chi connectivity index (χ1v) is 22.7. The van der Waals surface area contributed by atoms with Gasteiger partial charge in [-0.1, -0.05) is 125 Å². The molecule has 0 aromatic carbocycles. The van der Waals surface area contributed by atoms with Crippen LogP contribution in [0.3, 0.4) is 0 Å². The first kappa shape index (κ1) is 53.9. The molecule has 11 heteroatoms. The van der Waals surface area contributed by atoms with Crippen LogP contribution in [0, 0.1) is 0 Å². The molecule has 0 aromatic heterocycles. The minimum atomic E-state index is -4.70. The number of nitrogens with zero attached hydrogens (tertiary/aromatic N) is 1. The standard InChI is InChI=1S/C46H76NO9P/c1-6-8-10-12-14-16-18-20-21-23-25-27-29-31-33-37-45(49)53-41-44(42-55-57(51,52)54-40-39-47(3,4)5)56-46(50)38-34-36-43(48)35-32-30-28-26-24-22-19-17-15-13-11-9-7-2/h8,10,14-17,20-22,24,28,30,32,35,44H,6-7,9,11-13,18-19,23,25-27,29,31,33-34,36-42H2,1-5H3/b10-8-,16-14-,17-15-,21-20-,24-22-,30-28-,35-32+/t44-/m1/s1. The number of unbranched alkanes of at least 4 members (excludes halogenated alkanes) is 8. The Morgan fingerprint density at radius 2 is 1.18 bits per heavy atom. The second-order valence-electron chi connectivity index (χ2n) is 15.0. The summed E-state index contributed by atoms with van der Waals surface area (Å²) in [4.78, 5) is 49.7. The van der Waals surface area contributed by atoms with Gasteiger partial charge in [-0.15, -0.1) is 0 Å². The third kappa shape index (κ3) is 40.8. The summed E-state index contributed by atoms with van der Waals surface area (Å²) in [6, 6.07) is 0. The van der Waals surface area contributed by atoms with E-state index in [1.54, 1.807) is 6.08 Å². The maximum absolute atomic E-state index is 12.6. The predicted molar refractivity (Wildman–Crippen MR) is 231 cm³/mol. The van der Waals surface area contributed by atoms with Crippen molar-refractivity contribution in [1.82, 2.24) is 0 Å². The Morgan fingerprint density at radius 1 is 0.614 bits per heavy atom. The highest BCUT2D eigenvalue weighted by molar-refractivity contribution is 7.45. The number of ketones is 1. The fourth-order valence-corrected chi connectivity index (χ4v) is 5.76.